The molecule has 1 amide bonds. The molecule has 2 rings (SSSR count). The van der Waals surface area contributed by atoms with Gasteiger partial charge in [0.1, 0.15) is 0 Å². The number of halogens is 3. The van der Waals surface area contributed by atoms with Crippen LogP contribution in [0.25, 0.3) is 0 Å². The van der Waals surface area contributed by atoms with Crippen LogP contribution >= 0.6 is 0 Å². The molecule has 1 aliphatic carbocycles. The maximum absolute atomic E-state index is 12.4. The Morgan fingerprint density at radius 2 is 1.70 bits per heavy atom. The van der Waals surface area contributed by atoms with E-state index < -0.39 is 18.3 Å². The Hall–Kier alpha value is -0.820. The van der Waals surface area contributed by atoms with E-state index in [1.165, 1.54) is 4.90 Å². The highest BCUT2D eigenvalue weighted by molar-refractivity contribution is 5.86. The Balaban J connectivity index is 1.91. The summed E-state index contributed by atoms with van der Waals surface area (Å²) in [4.78, 5) is 15.4. The highest BCUT2D eigenvalue weighted by Crippen LogP contribution is 2.29. The molecule has 7 heteroatoms. The van der Waals surface area contributed by atoms with E-state index in [0.29, 0.717) is 38.9 Å². The van der Waals surface area contributed by atoms with E-state index in [2.05, 4.69) is 0 Å². The van der Waals surface area contributed by atoms with Gasteiger partial charge in [-0.2, -0.15) is 13.2 Å². The first-order valence-electron chi connectivity index (χ1n) is 7.18. The fourth-order valence-corrected chi connectivity index (χ4v) is 3.12. The van der Waals surface area contributed by atoms with Crippen LogP contribution in [0.15, 0.2) is 0 Å². The molecule has 0 unspecified atom stereocenters. The fourth-order valence-electron chi connectivity index (χ4n) is 3.12. The third-order valence-electron chi connectivity index (χ3n) is 4.20. The molecule has 1 heterocycles. The van der Waals surface area contributed by atoms with E-state index in [4.69, 9.17) is 5.73 Å². The van der Waals surface area contributed by atoms with Crippen LogP contribution in [0.2, 0.25) is 0 Å². The molecule has 2 fully saturated rings. The van der Waals surface area contributed by atoms with Crippen molar-refractivity contribution >= 4 is 5.91 Å². The standard InChI is InChI=1S/C13H22F3N3O/c14-13(15,16)10-18-6-3-7-19(9-8-18)11(20)12(17)4-1-2-5-12/h1-10,17H2. The summed E-state index contributed by atoms with van der Waals surface area (Å²) >= 11 is 0. The van der Waals surface area contributed by atoms with Crippen molar-refractivity contribution in [1.29, 1.82) is 0 Å². The average Bonchev–Trinajstić information content (AvgIpc) is 2.66. The first-order chi connectivity index (χ1) is 9.30. The van der Waals surface area contributed by atoms with Crippen molar-refractivity contribution in [2.45, 2.75) is 43.8 Å². The molecule has 1 saturated heterocycles. The fraction of sp³-hybridized carbons (Fsp3) is 0.923. The molecule has 4 nitrogen and oxygen atoms in total. The topological polar surface area (TPSA) is 49.6 Å². The van der Waals surface area contributed by atoms with Gasteiger partial charge in [0, 0.05) is 26.2 Å². The van der Waals surface area contributed by atoms with Crippen LogP contribution in [0.5, 0.6) is 0 Å². The first-order valence-corrected chi connectivity index (χ1v) is 7.18. The quantitative estimate of drug-likeness (QED) is 0.836. The van der Waals surface area contributed by atoms with E-state index in [1.807, 2.05) is 0 Å². The number of nitrogens with zero attached hydrogens (tertiary/aromatic N) is 2. The summed E-state index contributed by atoms with van der Waals surface area (Å²) in [7, 11) is 0. The molecule has 0 bridgehead atoms. The Morgan fingerprint density at radius 1 is 1.05 bits per heavy atom. The SMILES string of the molecule is NC1(C(=O)N2CCCN(CC(F)(F)F)CC2)CCCC1. The highest BCUT2D eigenvalue weighted by atomic mass is 19.4. The predicted molar refractivity (Wildman–Crippen MR) is 69.1 cm³/mol. The molecule has 20 heavy (non-hydrogen) atoms. The normalized spacial score (nSPS) is 24.7. The second-order valence-electron chi connectivity index (χ2n) is 5.90. The minimum Gasteiger partial charge on any atom is -0.340 e. The molecule has 0 aromatic heterocycles. The lowest BCUT2D eigenvalue weighted by atomic mass is 9.97. The number of carbonyl (C=O) groups excluding carboxylic acids is 1. The molecule has 2 N–H and O–H groups in total. The largest absolute Gasteiger partial charge is 0.401 e. The van der Waals surface area contributed by atoms with Gasteiger partial charge in [-0.05, 0) is 19.3 Å². The molecule has 0 atom stereocenters. The predicted octanol–water partition coefficient (Wildman–Crippen LogP) is 1.35. The zero-order chi connectivity index (χ0) is 14.8. The van der Waals surface area contributed by atoms with Crippen molar-refractivity contribution in [3.05, 3.63) is 0 Å². The molecule has 116 valence electrons. The van der Waals surface area contributed by atoms with E-state index >= 15 is 0 Å². The van der Waals surface area contributed by atoms with Gasteiger partial charge in [0.05, 0.1) is 12.1 Å². The number of hydrogen-bond acceptors (Lipinski definition) is 3. The van der Waals surface area contributed by atoms with E-state index in [0.717, 1.165) is 12.8 Å². The minimum atomic E-state index is -4.18. The van der Waals surface area contributed by atoms with Gasteiger partial charge < -0.3 is 10.6 Å². The highest BCUT2D eigenvalue weighted by Gasteiger charge is 2.40. The van der Waals surface area contributed by atoms with Gasteiger partial charge >= 0.3 is 6.18 Å². The van der Waals surface area contributed by atoms with Gasteiger partial charge in [-0.1, -0.05) is 12.8 Å². The summed E-state index contributed by atoms with van der Waals surface area (Å²) in [6.45, 7) is 0.588. The molecule has 2 aliphatic rings. The van der Waals surface area contributed by atoms with Crippen LogP contribution in [0, 0.1) is 0 Å². The van der Waals surface area contributed by atoms with E-state index in [-0.39, 0.29) is 12.5 Å². The van der Waals surface area contributed by atoms with Gasteiger partial charge in [0.2, 0.25) is 5.91 Å². The average molecular weight is 293 g/mol. The van der Waals surface area contributed by atoms with Gasteiger partial charge in [-0.25, -0.2) is 0 Å². The van der Waals surface area contributed by atoms with Crippen LogP contribution in [0.3, 0.4) is 0 Å². The summed E-state index contributed by atoms with van der Waals surface area (Å²) in [5.41, 5.74) is 5.36. The molecule has 0 spiro atoms. The number of carbonyl (C=O) groups is 1. The molecular formula is C13H22F3N3O. The number of nitrogens with two attached hydrogens (primary N) is 1. The molecule has 1 saturated carbocycles. The molecule has 0 radical (unpaired) electrons. The van der Waals surface area contributed by atoms with Gasteiger partial charge in [0.15, 0.2) is 0 Å². The third-order valence-corrected chi connectivity index (χ3v) is 4.20. The van der Waals surface area contributed by atoms with Crippen molar-refractivity contribution < 1.29 is 18.0 Å². The molecule has 0 aromatic rings. The van der Waals surface area contributed by atoms with E-state index in [1.54, 1.807) is 4.90 Å². The molecular weight excluding hydrogens is 271 g/mol. The number of rotatable bonds is 2. The van der Waals surface area contributed by atoms with Crippen molar-refractivity contribution in [3.8, 4) is 0 Å². The molecule has 0 aromatic carbocycles. The lowest BCUT2D eigenvalue weighted by molar-refractivity contribution is -0.145. The zero-order valence-corrected chi connectivity index (χ0v) is 11.6. The monoisotopic (exact) mass is 293 g/mol. The van der Waals surface area contributed by atoms with E-state index in [9.17, 15) is 18.0 Å². The van der Waals surface area contributed by atoms with Crippen LogP contribution < -0.4 is 5.73 Å². The van der Waals surface area contributed by atoms with Gasteiger partial charge in [0.25, 0.3) is 0 Å². The number of hydrogen-bond donors (Lipinski definition) is 1. The first kappa shape index (κ1) is 15.6. The summed E-state index contributed by atoms with van der Waals surface area (Å²) < 4.78 is 37.2. The maximum Gasteiger partial charge on any atom is 0.401 e. The Labute approximate surface area is 117 Å². The summed E-state index contributed by atoms with van der Waals surface area (Å²) in [6.07, 6.45) is -0.326. The Morgan fingerprint density at radius 3 is 2.30 bits per heavy atom. The zero-order valence-electron chi connectivity index (χ0n) is 11.6. The van der Waals surface area contributed by atoms with Crippen LogP contribution in [-0.4, -0.2) is 60.1 Å². The van der Waals surface area contributed by atoms with Gasteiger partial charge in [-0.3, -0.25) is 9.69 Å². The van der Waals surface area contributed by atoms with Crippen molar-refractivity contribution in [1.82, 2.24) is 9.80 Å². The lowest BCUT2D eigenvalue weighted by Gasteiger charge is -2.30. The summed E-state index contributed by atoms with van der Waals surface area (Å²) in [6, 6.07) is 0. The Kier molecular flexibility index (Phi) is 4.59. The van der Waals surface area contributed by atoms with Gasteiger partial charge in [-0.15, -0.1) is 0 Å². The second kappa shape index (κ2) is 5.89. The van der Waals surface area contributed by atoms with Crippen molar-refractivity contribution in [3.63, 3.8) is 0 Å². The number of amides is 1. The smallest absolute Gasteiger partial charge is 0.340 e. The van der Waals surface area contributed by atoms with Crippen LogP contribution in [0.4, 0.5) is 13.2 Å². The summed E-state index contributed by atoms with van der Waals surface area (Å²) in [5, 5.41) is 0. The molecule has 1 aliphatic heterocycles. The lowest BCUT2D eigenvalue weighted by Crippen LogP contribution is -2.54. The summed E-state index contributed by atoms with van der Waals surface area (Å²) in [5.74, 6) is -0.0798. The number of alkyl halides is 3. The van der Waals surface area contributed by atoms with Crippen LogP contribution in [-0.2, 0) is 4.79 Å². The third kappa shape index (κ3) is 3.85. The minimum absolute atomic E-state index is 0.0798. The van der Waals surface area contributed by atoms with Crippen molar-refractivity contribution in [2.75, 3.05) is 32.7 Å². The van der Waals surface area contributed by atoms with Crippen LogP contribution in [0.1, 0.15) is 32.1 Å². The van der Waals surface area contributed by atoms with Crippen molar-refractivity contribution in [2.24, 2.45) is 5.73 Å². The Bertz CT molecular complexity index is 353. The second-order valence-corrected chi connectivity index (χ2v) is 5.90. The maximum atomic E-state index is 12.4.